The van der Waals surface area contributed by atoms with E-state index in [0.29, 0.717) is 30.1 Å². The second-order valence-corrected chi connectivity index (χ2v) is 9.03. The molecule has 3 heterocycles. The second kappa shape index (κ2) is 10.1. The predicted octanol–water partition coefficient (Wildman–Crippen LogP) is 4.12. The van der Waals surface area contributed by atoms with E-state index in [1.807, 2.05) is 42.5 Å². The van der Waals surface area contributed by atoms with Gasteiger partial charge in [-0.1, -0.05) is 42.5 Å². The highest BCUT2D eigenvalue weighted by Gasteiger charge is 2.24. The van der Waals surface area contributed by atoms with Gasteiger partial charge in [0.25, 0.3) is 5.91 Å². The third kappa shape index (κ3) is 5.25. The number of nitrogens with two attached hydrogens (primary N) is 1. The highest BCUT2D eigenvalue weighted by molar-refractivity contribution is 6.07. The number of piperidine rings is 1. The van der Waals surface area contributed by atoms with Crippen LogP contribution in [0.15, 0.2) is 77.4 Å². The van der Waals surface area contributed by atoms with Gasteiger partial charge in [-0.3, -0.25) is 14.5 Å². The molecule has 35 heavy (non-hydrogen) atoms. The quantitative estimate of drug-likeness (QED) is 0.425. The molecule has 0 spiro atoms. The number of nitrogens with one attached hydrogen (secondary N) is 1. The number of likely N-dealkylation sites (tertiary alicyclic amines) is 1. The van der Waals surface area contributed by atoms with Gasteiger partial charge in [-0.25, -0.2) is 4.98 Å². The molecule has 3 N–H and O–H groups in total. The van der Waals surface area contributed by atoms with Crippen molar-refractivity contribution in [3.8, 4) is 11.5 Å². The predicted molar refractivity (Wildman–Crippen MR) is 134 cm³/mol. The molecule has 7 nitrogen and oxygen atoms in total. The monoisotopic (exact) mass is 468 g/mol. The third-order valence-electron chi connectivity index (χ3n) is 6.49. The fourth-order valence-corrected chi connectivity index (χ4v) is 4.72. The Morgan fingerprint density at radius 3 is 2.74 bits per heavy atom. The Labute approximate surface area is 203 Å². The van der Waals surface area contributed by atoms with Gasteiger partial charge in [0.05, 0.1) is 23.3 Å². The van der Waals surface area contributed by atoms with Gasteiger partial charge >= 0.3 is 0 Å². The number of amides is 2. The number of pyridine rings is 1. The van der Waals surface area contributed by atoms with Gasteiger partial charge in [0, 0.05) is 25.0 Å². The number of benzene rings is 2. The summed E-state index contributed by atoms with van der Waals surface area (Å²) in [6.45, 7) is 2.82. The molecule has 1 saturated heterocycles. The van der Waals surface area contributed by atoms with Crippen LogP contribution in [0.3, 0.4) is 0 Å². The lowest BCUT2D eigenvalue weighted by molar-refractivity contribution is -0.123. The first-order valence-corrected chi connectivity index (χ1v) is 11.9. The molecule has 7 heteroatoms. The summed E-state index contributed by atoms with van der Waals surface area (Å²) < 4.78 is 5.50. The number of para-hydroxylation sites is 1. The highest BCUT2D eigenvalue weighted by atomic mass is 16.3. The number of aromatic nitrogens is 1. The van der Waals surface area contributed by atoms with E-state index < -0.39 is 0 Å². The van der Waals surface area contributed by atoms with Crippen LogP contribution in [-0.2, 0) is 17.9 Å². The van der Waals surface area contributed by atoms with E-state index >= 15 is 0 Å². The summed E-state index contributed by atoms with van der Waals surface area (Å²) in [6, 6.07) is 21.2. The van der Waals surface area contributed by atoms with E-state index in [2.05, 4.69) is 27.3 Å². The standard InChI is InChI=1S/C28H28N4O3/c29-27(33)21-8-4-12-32(18-21)17-20-7-3-6-19(14-20)16-30-28(34)23-15-25(26-11-5-13-35-26)31-24-10-2-1-9-22(23)24/h1-3,5-7,9-11,13-15,21H,4,8,12,16-18H2,(H2,29,33)(H,30,34). The molecular weight excluding hydrogens is 440 g/mol. The number of nitrogens with zero attached hydrogens (tertiary/aromatic N) is 2. The number of carbonyl (C=O) groups is 2. The number of furan rings is 1. The van der Waals surface area contributed by atoms with E-state index in [-0.39, 0.29) is 17.7 Å². The zero-order valence-corrected chi connectivity index (χ0v) is 19.4. The van der Waals surface area contributed by atoms with Gasteiger partial charge in [-0.15, -0.1) is 0 Å². The lowest BCUT2D eigenvalue weighted by Crippen LogP contribution is -2.40. The van der Waals surface area contributed by atoms with Crippen molar-refractivity contribution < 1.29 is 14.0 Å². The average Bonchev–Trinajstić information content (AvgIpc) is 3.42. The maximum absolute atomic E-state index is 13.2. The van der Waals surface area contributed by atoms with Crippen molar-refractivity contribution in [2.24, 2.45) is 11.7 Å². The topological polar surface area (TPSA) is 101 Å². The first kappa shape index (κ1) is 22.8. The summed E-state index contributed by atoms with van der Waals surface area (Å²) in [4.78, 5) is 31.8. The maximum atomic E-state index is 13.2. The van der Waals surface area contributed by atoms with Crippen LogP contribution in [0.1, 0.15) is 34.3 Å². The van der Waals surface area contributed by atoms with Crippen LogP contribution in [0, 0.1) is 5.92 Å². The van der Waals surface area contributed by atoms with E-state index in [4.69, 9.17) is 10.2 Å². The summed E-state index contributed by atoms with van der Waals surface area (Å²) >= 11 is 0. The number of fused-ring (bicyclic) bond motifs is 1. The molecule has 4 aromatic rings. The molecule has 178 valence electrons. The van der Waals surface area contributed by atoms with Crippen molar-refractivity contribution in [3.05, 3.63) is 89.7 Å². The normalized spacial score (nSPS) is 16.3. The number of hydrogen-bond acceptors (Lipinski definition) is 5. The second-order valence-electron chi connectivity index (χ2n) is 9.03. The van der Waals surface area contributed by atoms with Crippen molar-refractivity contribution in [3.63, 3.8) is 0 Å². The molecule has 1 fully saturated rings. The van der Waals surface area contributed by atoms with Crippen LogP contribution in [0.4, 0.5) is 0 Å². The number of carbonyl (C=O) groups excluding carboxylic acids is 2. The molecule has 1 atom stereocenters. The van der Waals surface area contributed by atoms with Gasteiger partial charge in [-0.2, -0.15) is 0 Å². The Kier molecular flexibility index (Phi) is 6.59. The van der Waals surface area contributed by atoms with Gasteiger partial charge in [0.2, 0.25) is 5.91 Å². The minimum Gasteiger partial charge on any atom is -0.463 e. The zero-order chi connectivity index (χ0) is 24.2. The van der Waals surface area contributed by atoms with Crippen LogP contribution in [0.25, 0.3) is 22.4 Å². The first-order chi connectivity index (χ1) is 17.1. The molecule has 5 rings (SSSR count). The third-order valence-corrected chi connectivity index (χ3v) is 6.49. The molecule has 2 aromatic carbocycles. The minimum atomic E-state index is -0.218. The van der Waals surface area contributed by atoms with Crippen LogP contribution in [0.2, 0.25) is 0 Å². The SMILES string of the molecule is NC(=O)C1CCCN(Cc2cccc(CNC(=O)c3cc(-c4ccco4)nc4ccccc34)c2)C1. The van der Waals surface area contributed by atoms with E-state index in [1.54, 1.807) is 18.4 Å². The molecule has 0 radical (unpaired) electrons. The molecule has 0 bridgehead atoms. The Morgan fingerprint density at radius 1 is 1.06 bits per heavy atom. The highest BCUT2D eigenvalue weighted by Crippen LogP contribution is 2.25. The lowest BCUT2D eigenvalue weighted by atomic mass is 9.97. The summed E-state index contributed by atoms with van der Waals surface area (Å²) in [5.74, 6) is 0.161. The Balaban J connectivity index is 1.30. The maximum Gasteiger partial charge on any atom is 0.252 e. The number of rotatable bonds is 7. The molecule has 1 unspecified atom stereocenters. The van der Waals surface area contributed by atoms with Gasteiger partial charge in [-0.05, 0) is 54.8 Å². The summed E-state index contributed by atoms with van der Waals surface area (Å²) in [5, 5.41) is 3.86. The number of hydrogen-bond donors (Lipinski definition) is 2. The summed E-state index contributed by atoms with van der Waals surface area (Å²) in [5.41, 5.74) is 9.61. The van der Waals surface area contributed by atoms with E-state index in [0.717, 1.165) is 48.0 Å². The fourth-order valence-electron chi connectivity index (χ4n) is 4.72. The fraction of sp³-hybridized carbons (Fsp3) is 0.250. The molecular formula is C28H28N4O3. The van der Waals surface area contributed by atoms with Crippen LogP contribution >= 0.6 is 0 Å². The first-order valence-electron chi connectivity index (χ1n) is 11.9. The van der Waals surface area contributed by atoms with Crippen LogP contribution in [0.5, 0.6) is 0 Å². The lowest BCUT2D eigenvalue weighted by Gasteiger charge is -2.31. The van der Waals surface area contributed by atoms with E-state index in [9.17, 15) is 9.59 Å². The van der Waals surface area contributed by atoms with Crippen molar-refractivity contribution in [2.45, 2.75) is 25.9 Å². The van der Waals surface area contributed by atoms with Gasteiger partial charge in [0.15, 0.2) is 5.76 Å². The van der Waals surface area contributed by atoms with Gasteiger partial charge in [0.1, 0.15) is 5.69 Å². The van der Waals surface area contributed by atoms with E-state index in [1.165, 1.54) is 0 Å². The molecule has 0 aliphatic carbocycles. The van der Waals surface area contributed by atoms with Crippen molar-refractivity contribution in [1.29, 1.82) is 0 Å². The molecule has 0 saturated carbocycles. The largest absolute Gasteiger partial charge is 0.463 e. The van der Waals surface area contributed by atoms with Crippen molar-refractivity contribution in [1.82, 2.24) is 15.2 Å². The zero-order valence-electron chi connectivity index (χ0n) is 19.4. The number of primary amides is 1. The summed E-state index contributed by atoms with van der Waals surface area (Å²) in [7, 11) is 0. The molecule has 1 aliphatic heterocycles. The molecule has 2 amide bonds. The van der Waals surface area contributed by atoms with Crippen LogP contribution < -0.4 is 11.1 Å². The minimum absolute atomic E-state index is 0.0764. The van der Waals surface area contributed by atoms with Crippen LogP contribution in [-0.4, -0.2) is 34.8 Å². The molecule has 2 aromatic heterocycles. The Bertz CT molecular complexity index is 1350. The van der Waals surface area contributed by atoms with Gasteiger partial charge < -0.3 is 15.5 Å². The Hall–Kier alpha value is -3.97. The van der Waals surface area contributed by atoms with Crippen molar-refractivity contribution >= 4 is 22.7 Å². The molecule has 1 aliphatic rings. The Morgan fingerprint density at radius 2 is 1.91 bits per heavy atom. The van der Waals surface area contributed by atoms with Crippen molar-refractivity contribution in [2.75, 3.05) is 13.1 Å². The average molecular weight is 469 g/mol. The summed E-state index contributed by atoms with van der Waals surface area (Å²) in [6.07, 6.45) is 3.43. The smallest absolute Gasteiger partial charge is 0.252 e.